The Morgan fingerprint density at radius 1 is 1.47 bits per heavy atom. The molecule has 92 valence electrons. The van der Waals surface area contributed by atoms with Gasteiger partial charge < -0.3 is 4.90 Å². The third-order valence-corrected chi connectivity index (χ3v) is 3.50. The van der Waals surface area contributed by atoms with E-state index in [1.807, 2.05) is 0 Å². The van der Waals surface area contributed by atoms with Crippen molar-refractivity contribution in [3.8, 4) is 0 Å². The van der Waals surface area contributed by atoms with Crippen molar-refractivity contribution in [2.75, 3.05) is 4.90 Å². The first-order valence-electron chi connectivity index (χ1n) is 6.39. The molecule has 0 bridgehead atoms. The van der Waals surface area contributed by atoms with E-state index in [1.54, 1.807) is 6.92 Å². The molecule has 1 aromatic rings. The SMILES string of the molecule is CC(=O)Cc1cccc2c1CC(C)N2C(C)C. The van der Waals surface area contributed by atoms with Crippen LogP contribution in [0.4, 0.5) is 5.69 Å². The summed E-state index contributed by atoms with van der Waals surface area (Å²) >= 11 is 0. The first-order valence-corrected chi connectivity index (χ1v) is 6.39. The normalized spacial score (nSPS) is 18.6. The summed E-state index contributed by atoms with van der Waals surface area (Å²) < 4.78 is 0. The van der Waals surface area contributed by atoms with E-state index in [2.05, 4.69) is 43.9 Å². The molecule has 0 amide bonds. The van der Waals surface area contributed by atoms with Gasteiger partial charge >= 0.3 is 0 Å². The lowest BCUT2D eigenvalue weighted by atomic mass is 9.99. The maximum Gasteiger partial charge on any atom is 0.134 e. The highest BCUT2D eigenvalue weighted by Gasteiger charge is 2.29. The molecule has 0 N–H and O–H groups in total. The van der Waals surface area contributed by atoms with Crippen LogP contribution in [0.2, 0.25) is 0 Å². The van der Waals surface area contributed by atoms with E-state index in [0.717, 1.165) is 6.42 Å². The molecule has 0 aliphatic carbocycles. The van der Waals surface area contributed by atoms with Crippen LogP contribution in [-0.2, 0) is 17.6 Å². The fourth-order valence-corrected chi connectivity index (χ4v) is 2.95. The topological polar surface area (TPSA) is 20.3 Å². The minimum absolute atomic E-state index is 0.244. The Hall–Kier alpha value is -1.31. The predicted molar refractivity (Wildman–Crippen MR) is 71.6 cm³/mol. The molecule has 17 heavy (non-hydrogen) atoms. The van der Waals surface area contributed by atoms with Crippen molar-refractivity contribution < 1.29 is 4.79 Å². The molecule has 0 saturated heterocycles. The van der Waals surface area contributed by atoms with E-state index in [4.69, 9.17) is 0 Å². The quantitative estimate of drug-likeness (QED) is 0.797. The number of hydrogen-bond acceptors (Lipinski definition) is 2. The molecule has 0 saturated carbocycles. The second kappa shape index (κ2) is 4.52. The van der Waals surface area contributed by atoms with Gasteiger partial charge in [-0.1, -0.05) is 12.1 Å². The molecule has 1 aromatic carbocycles. The van der Waals surface area contributed by atoms with Crippen molar-refractivity contribution in [2.45, 2.75) is 52.6 Å². The van der Waals surface area contributed by atoms with Crippen molar-refractivity contribution in [3.05, 3.63) is 29.3 Å². The average molecular weight is 231 g/mol. The van der Waals surface area contributed by atoms with Crippen LogP contribution >= 0.6 is 0 Å². The predicted octanol–water partition coefficient (Wildman–Crippen LogP) is 2.98. The number of anilines is 1. The Bertz CT molecular complexity index is 437. The van der Waals surface area contributed by atoms with Gasteiger partial charge in [0.1, 0.15) is 5.78 Å². The summed E-state index contributed by atoms with van der Waals surface area (Å²) in [7, 11) is 0. The van der Waals surface area contributed by atoms with E-state index < -0.39 is 0 Å². The van der Waals surface area contributed by atoms with E-state index in [-0.39, 0.29) is 5.78 Å². The van der Waals surface area contributed by atoms with Crippen LogP contribution < -0.4 is 4.90 Å². The minimum atomic E-state index is 0.244. The zero-order valence-electron chi connectivity index (χ0n) is 11.2. The molecule has 1 aliphatic heterocycles. The van der Waals surface area contributed by atoms with E-state index in [9.17, 15) is 4.79 Å². The average Bonchev–Trinajstić information content (AvgIpc) is 2.54. The second-order valence-corrected chi connectivity index (χ2v) is 5.35. The molecule has 1 heterocycles. The highest BCUT2D eigenvalue weighted by Crippen LogP contribution is 2.36. The Labute approximate surface area is 104 Å². The van der Waals surface area contributed by atoms with Gasteiger partial charge in [0.2, 0.25) is 0 Å². The summed E-state index contributed by atoms with van der Waals surface area (Å²) in [6.07, 6.45) is 1.64. The van der Waals surface area contributed by atoms with Crippen LogP contribution in [0, 0.1) is 0 Å². The summed E-state index contributed by atoms with van der Waals surface area (Å²) in [6, 6.07) is 7.40. The highest BCUT2D eigenvalue weighted by molar-refractivity contribution is 5.79. The zero-order chi connectivity index (χ0) is 12.6. The van der Waals surface area contributed by atoms with Crippen LogP contribution in [-0.4, -0.2) is 17.9 Å². The Morgan fingerprint density at radius 3 is 2.76 bits per heavy atom. The molecule has 0 fully saturated rings. The smallest absolute Gasteiger partial charge is 0.134 e. The number of hydrogen-bond donors (Lipinski definition) is 0. The third kappa shape index (κ3) is 2.21. The van der Waals surface area contributed by atoms with Crippen LogP contribution in [0.25, 0.3) is 0 Å². The summed E-state index contributed by atoms with van der Waals surface area (Å²) in [5, 5.41) is 0. The van der Waals surface area contributed by atoms with E-state index in [1.165, 1.54) is 16.8 Å². The van der Waals surface area contributed by atoms with Gasteiger partial charge in [-0.15, -0.1) is 0 Å². The molecule has 2 rings (SSSR count). The number of carbonyl (C=O) groups excluding carboxylic acids is 1. The fraction of sp³-hybridized carbons (Fsp3) is 0.533. The second-order valence-electron chi connectivity index (χ2n) is 5.35. The number of nitrogens with zero attached hydrogens (tertiary/aromatic N) is 1. The van der Waals surface area contributed by atoms with E-state index in [0.29, 0.717) is 18.5 Å². The van der Waals surface area contributed by atoms with Gasteiger partial charge in [0.15, 0.2) is 0 Å². The van der Waals surface area contributed by atoms with E-state index >= 15 is 0 Å². The van der Waals surface area contributed by atoms with Gasteiger partial charge in [-0.3, -0.25) is 4.79 Å². The molecule has 0 radical (unpaired) electrons. The lowest BCUT2D eigenvalue weighted by Crippen LogP contribution is -2.35. The first kappa shape index (κ1) is 12.2. The third-order valence-electron chi connectivity index (χ3n) is 3.50. The largest absolute Gasteiger partial charge is 0.366 e. The number of ketones is 1. The molecule has 1 atom stereocenters. The summed E-state index contributed by atoms with van der Waals surface area (Å²) in [5.41, 5.74) is 3.92. The number of Topliss-reactive ketones (excluding diaryl/α,β-unsaturated/α-hetero) is 1. The van der Waals surface area contributed by atoms with Gasteiger partial charge in [0, 0.05) is 24.2 Å². The van der Waals surface area contributed by atoms with Crippen LogP contribution in [0.3, 0.4) is 0 Å². The fourth-order valence-electron chi connectivity index (χ4n) is 2.95. The molecule has 2 heteroatoms. The molecule has 1 unspecified atom stereocenters. The van der Waals surface area contributed by atoms with Crippen molar-refractivity contribution in [2.24, 2.45) is 0 Å². The molecule has 1 aliphatic rings. The number of fused-ring (bicyclic) bond motifs is 1. The summed E-state index contributed by atoms with van der Waals surface area (Å²) in [4.78, 5) is 13.8. The number of benzene rings is 1. The van der Waals surface area contributed by atoms with Gasteiger partial charge in [-0.05, 0) is 51.3 Å². The molecule has 0 spiro atoms. The van der Waals surface area contributed by atoms with Crippen molar-refractivity contribution in [3.63, 3.8) is 0 Å². The van der Waals surface area contributed by atoms with Crippen LogP contribution in [0.1, 0.15) is 38.8 Å². The molecular weight excluding hydrogens is 210 g/mol. The maximum absolute atomic E-state index is 11.3. The summed E-state index contributed by atoms with van der Waals surface area (Å²) in [6.45, 7) is 8.38. The lowest BCUT2D eigenvalue weighted by molar-refractivity contribution is -0.116. The summed E-state index contributed by atoms with van der Waals surface area (Å²) in [5.74, 6) is 0.244. The minimum Gasteiger partial charge on any atom is -0.366 e. The monoisotopic (exact) mass is 231 g/mol. The first-order chi connectivity index (χ1) is 8.00. The van der Waals surface area contributed by atoms with Crippen molar-refractivity contribution in [1.82, 2.24) is 0 Å². The zero-order valence-corrected chi connectivity index (χ0v) is 11.2. The molecule has 2 nitrogen and oxygen atoms in total. The Morgan fingerprint density at radius 2 is 2.18 bits per heavy atom. The Balaban J connectivity index is 2.41. The number of carbonyl (C=O) groups is 1. The van der Waals surface area contributed by atoms with Crippen LogP contribution in [0.5, 0.6) is 0 Å². The molecular formula is C15H21NO. The molecule has 0 aromatic heterocycles. The van der Waals surface area contributed by atoms with Gasteiger partial charge in [-0.2, -0.15) is 0 Å². The Kier molecular flexibility index (Phi) is 3.23. The number of rotatable bonds is 3. The van der Waals surface area contributed by atoms with Gasteiger partial charge in [-0.25, -0.2) is 0 Å². The highest BCUT2D eigenvalue weighted by atomic mass is 16.1. The van der Waals surface area contributed by atoms with Crippen molar-refractivity contribution in [1.29, 1.82) is 0 Å². The van der Waals surface area contributed by atoms with Gasteiger partial charge in [0.25, 0.3) is 0 Å². The van der Waals surface area contributed by atoms with Gasteiger partial charge in [0.05, 0.1) is 0 Å². The van der Waals surface area contributed by atoms with Crippen molar-refractivity contribution >= 4 is 11.5 Å². The lowest BCUT2D eigenvalue weighted by Gasteiger charge is -2.29. The van der Waals surface area contributed by atoms with Crippen LogP contribution in [0.15, 0.2) is 18.2 Å². The maximum atomic E-state index is 11.3. The standard InChI is InChI=1S/C15H21NO/c1-10(2)16-11(3)8-14-13(9-12(4)17)6-5-7-15(14)16/h5-7,10-11H,8-9H2,1-4H3.